The number of fused-ring (bicyclic) bond motifs is 1. The van der Waals surface area contributed by atoms with E-state index in [2.05, 4.69) is 5.32 Å². The molecule has 0 spiro atoms. The zero-order valence-electron chi connectivity index (χ0n) is 14.0. The zero-order valence-corrected chi connectivity index (χ0v) is 16.5. The highest BCUT2D eigenvalue weighted by molar-refractivity contribution is 8.93. The number of nitrogens with zero attached hydrogens (tertiary/aromatic N) is 1. The van der Waals surface area contributed by atoms with Gasteiger partial charge in [0.2, 0.25) is 10.0 Å². The van der Waals surface area contributed by atoms with Gasteiger partial charge in [-0.15, -0.1) is 17.0 Å². The van der Waals surface area contributed by atoms with Crippen molar-refractivity contribution in [1.29, 1.82) is 0 Å². The lowest BCUT2D eigenvalue weighted by Crippen LogP contribution is -2.42. The molecule has 0 saturated heterocycles. The van der Waals surface area contributed by atoms with Gasteiger partial charge < -0.3 is 5.32 Å². The fourth-order valence-electron chi connectivity index (χ4n) is 3.16. The zero-order chi connectivity index (χ0) is 17.2. The lowest BCUT2D eigenvalue weighted by Gasteiger charge is -2.35. The molecule has 136 valence electrons. The Bertz CT molecular complexity index is 829. The molecule has 0 aliphatic carbocycles. The van der Waals surface area contributed by atoms with Gasteiger partial charge in [0.1, 0.15) is 5.82 Å². The van der Waals surface area contributed by atoms with Crippen LogP contribution >= 0.6 is 17.0 Å². The summed E-state index contributed by atoms with van der Waals surface area (Å²) in [6.45, 7) is 0.757. The molecule has 2 aromatic carbocycles. The molecule has 0 amide bonds. The number of rotatable bonds is 5. The van der Waals surface area contributed by atoms with Gasteiger partial charge in [-0.3, -0.25) is 0 Å². The van der Waals surface area contributed by atoms with Crippen LogP contribution in [0.25, 0.3) is 0 Å². The second-order valence-electron chi connectivity index (χ2n) is 5.96. The molecule has 3 rings (SSSR count). The molecule has 1 aliphatic heterocycles. The van der Waals surface area contributed by atoms with E-state index in [0.29, 0.717) is 18.5 Å². The highest BCUT2D eigenvalue weighted by atomic mass is 79.9. The van der Waals surface area contributed by atoms with Crippen LogP contribution in [0.3, 0.4) is 0 Å². The van der Waals surface area contributed by atoms with Crippen molar-refractivity contribution in [1.82, 2.24) is 5.32 Å². The number of hydrogen-bond acceptors (Lipinski definition) is 3. The van der Waals surface area contributed by atoms with E-state index in [9.17, 15) is 12.8 Å². The van der Waals surface area contributed by atoms with Crippen LogP contribution in [0.4, 0.5) is 15.8 Å². The van der Waals surface area contributed by atoms with Crippen molar-refractivity contribution in [3.63, 3.8) is 0 Å². The molecule has 1 atom stereocenters. The van der Waals surface area contributed by atoms with E-state index in [1.807, 2.05) is 19.2 Å². The van der Waals surface area contributed by atoms with Gasteiger partial charge in [0.25, 0.3) is 0 Å². The average molecular weight is 429 g/mol. The third kappa shape index (κ3) is 3.88. The molecule has 25 heavy (non-hydrogen) atoms. The average Bonchev–Trinajstić information content (AvgIpc) is 2.56. The first-order valence-electron chi connectivity index (χ1n) is 8.07. The molecule has 0 bridgehead atoms. The lowest BCUT2D eigenvalue weighted by molar-refractivity contribution is 0.552. The minimum atomic E-state index is -3.67. The van der Waals surface area contributed by atoms with Crippen molar-refractivity contribution in [2.75, 3.05) is 17.9 Å². The second kappa shape index (κ2) is 8.29. The Morgan fingerprint density at radius 2 is 1.76 bits per heavy atom. The monoisotopic (exact) mass is 428 g/mol. The molecule has 1 unspecified atom stereocenters. The predicted molar refractivity (Wildman–Crippen MR) is 105 cm³/mol. The van der Waals surface area contributed by atoms with Crippen LogP contribution in [0.15, 0.2) is 48.5 Å². The third-order valence-electron chi connectivity index (χ3n) is 4.36. The smallest absolute Gasteiger partial charge is 0.242 e. The Balaban J connectivity index is 0.00000225. The summed E-state index contributed by atoms with van der Waals surface area (Å²) in [5, 5.41) is 2.50. The Kier molecular flexibility index (Phi) is 6.59. The Morgan fingerprint density at radius 1 is 1.12 bits per heavy atom. The topological polar surface area (TPSA) is 49.4 Å². The summed E-state index contributed by atoms with van der Waals surface area (Å²) >= 11 is 0. The molecular weight excluding hydrogens is 407 g/mol. The fourth-order valence-corrected chi connectivity index (χ4v) is 5.19. The molecule has 7 heteroatoms. The number of nitrogens with one attached hydrogen (secondary N) is 1. The van der Waals surface area contributed by atoms with E-state index in [0.717, 1.165) is 18.5 Å². The third-order valence-corrected chi connectivity index (χ3v) is 6.51. The maximum Gasteiger partial charge on any atom is 0.242 e. The van der Waals surface area contributed by atoms with Gasteiger partial charge in [-0.05, 0) is 56.6 Å². The maximum absolute atomic E-state index is 14.3. The van der Waals surface area contributed by atoms with Crippen molar-refractivity contribution in [2.24, 2.45) is 0 Å². The number of halogens is 2. The van der Waals surface area contributed by atoms with Crippen LogP contribution in [0.1, 0.15) is 18.4 Å². The highest BCUT2D eigenvalue weighted by Gasteiger charge is 2.39. The first-order chi connectivity index (χ1) is 11.6. The Hall–Kier alpha value is -1.44. The van der Waals surface area contributed by atoms with E-state index in [1.54, 1.807) is 24.3 Å². The predicted octanol–water partition coefficient (Wildman–Crippen LogP) is 3.80. The van der Waals surface area contributed by atoms with Gasteiger partial charge in [0.05, 0.1) is 16.6 Å². The lowest BCUT2D eigenvalue weighted by atomic mass is 10.0. The summed E-state index contributed by atoms with van der Waals surface area (Å²) in [5.41, 5.74) is 1.57. The van der Waals surface area contributed by atoms with Gasteiger partial charge in [-0.2, -0.15) is 0 Å². The maximum atomic E-state index is 14.3. The van der Waals surface area contributed by atoms with Crippen LogP contribution in [0, 0.1) is 5.82 Å². The Morgan fingerprint density at radius 3 is 2.44 bits per heavy atom. The van der Waals surface area contributed by atoms with E-state index in [4.69, 9.17) is 0 Å². The summed E-state index contributed by atoms with van der Waals surface area (Å²) in [7, 11) is -1.82. The van der Waals surface area contributed by atoms with E-state index in [-0.39, 0.29) is 22.7 Å². The molecule has 2 aromatic rings. The molecule has 4 nitrogen and oxygen atoms in total. The van der Waals surface area contributed by atoms with Crippen LogP contribution in [0.2, 0.25) is 0 Å². The molecule has 0 saturated carbocycles. The second-order valence-corrected chi connectivity index (χ2v) is 8.02. The summed E-state index contributed by atoms with van der Waals surface area (Å²) in [5.74, 6) is -0.535. The molecule has 1 N–H and O–H groups in total. The van der Waals surface area contributed by atoms with Crippen molar-refractivity contribution >= 4 is 38.4 Å². The minimum absolute atomic E-state index is 0. The summed E-state index contributed by atoms with van der Waals surface area (Å²) in [6.07, 6.45) is 1.77. The van der Waals surface area contributed by atoms with Crippen molar-refractivity contribution in [3.8, 4) is 0 Å². The molecule has 1 aliphatic rings. The van der Waals surface area contributed by atoms with Gasteiger partial charge in [-0.1, -0.05) is 30.3 Å². The quantitative estimate of drug-likeness (QED) is 0.736. The van der Waals surface area contributed by atoms with Gasteiger partial charge in [0.15, 0.2) is 0 Å². The van der Waals surface area contributed by atoms with Gasteiger partial charge >= 0.3 is 0 Å². The van der Waals surface area contributed by atoms with Crippen molar-refractivity contribution in [2.45, 2.75) is 24.5 Å². The van der Waals surface area contributed by atoms with Crippen LogP contribution in [-0.4, -0.2) is 27.3 Å². The standard InChI is InChI=1S/C18H21FN2O2S.BrH/c1-20-12-6-8-15-13-14-7-2-4-10-17(14)21(24(15,22)23)18-11-5-3-9-16(18)19;/h2-5,7,9-11,15,20H,6,8,12-13H2,1H3;1H. The number of hydrogen-bond donors (Lipinski definition) is 1. The number of sulfonamides is 1. The molecule has 1 heterocycles. The number of anilines is 2. The van der Waals surface area contributed by atoms with Crippen LogP contribution < -0.4 is 9.62 Å². The Labute approximate surface area is 158 Å². The van der Waals surface area contributed by atoms with Gasteiger partial charge in [0, 0.05) is 0 Å². The summed E-state index contributed by atoms with van der Waals surface area (Å²) in [4.78, 5) is 0. The molecular formula is C18H22BrFN2O2S. The largest absolute Gasteiger partial charge is 0.320 e. The highest BCUT2D eigenvalue weighted by Crippen LogP contribution is 2.40. The van der Waals surface area contributed by atoms with Crippen LogP contribution in [0.5, 0.6) is 0 Å². The first-order valence-corrected chi connectivity index (χ1v) is 9.57. The minimum Gasteiger partial charge on any atom is -0.320 e. The SMILES string of the molecule is Br.CNCCCC1Cc2ccccc2N(c2ccccc2F)S1(=O)=O. The van der Waals surface area contributed by atoms with Crippen molar-refractivity contribution < 1.29 is 12.8 Å². The van der Waals surface area contributed by atoms with Crippen LogP contribution in [-0.2, 0) is 16.4 Å². The number of para-hydroxylation sites is 2. The van der Waals surface area contributed by atoms with E-state index in [1.165, 1.54) is 16.4 Å². The first kappa shape index (κ1) is 19.9. The fraction of sp³-hybridized carbons (Fsp3) is 0.333. The molecule has 0 aromatic heterocycles. The normalized spacial score (nSPS) is 18.3. The summed E-state index contributed by atoms with van der Waals surface area (Å²) in [6, 6.07) is 13.3. The molecule has 0 radical (unpaired) electrons. The molecule has 0 fully saturated rings. The van der Waals surface area contributed by atoms with Gasteiger partial charge in [-0.25, -0.2) is 17.1 Å². The van der Waals surface area contributed by atoms with E-state index < -0.39 is 21.1 Å². The van der Waals surface area contributed by atoms with E-state index >= 15 is 0 Å². The number of benzene rings is 2. The van der Waals surface area contributed by atoms with Crippen molar-refractivity contribution in [3.05, 3.63) is 59.9 Å². The summed E-state index contributed by atoms with van der Waals surface area (Å²) < 4.78 is 41.8.